The molecular weight excluding hydrogens is 264 g/mol. The molecule has 1 atom stereocenters. The van der Waals surface area contributed by atoms with Gasteiger partial charge in [0, 0.05) is 30.2 Å². The molecule has 2 aromatic heterocycles. The van der Waals surface area contributed by atoms with Gasteiger partial charge in [0.15, 0.2) is 5.65 Å². The molecule has 108 valence electrons. The second-order valence-corrected chi connectivity index (χ2v) is 4.93. The van der Waals surface area contributed by atoms with Gasteiger partial charge in [-0.15, -0.1) is 0 Å². The van der Waals surface area contributed by atoms with Crippen LogP contribution in [0, 0.1) is 0 Å². The van der Waals surface area contributed by atoms with E-state index in [1.165, 1.54) is 5.56 Å². The first-order valence-corrected chi connectivity index (χ1v) is 6.88. The second kappa shape index (κ2) is 5.54. The van der Waals surface area contributed by atoms with E-state index in [1.54, 1.807) is 13.3 Å². The van der Waals surface area contributed by atoms with Crippen molar-refractivity contribution >= 4 is 5.65 Å². The Balaban J connectivity index is 2.11. The maximum Gasteiger partial charge on any atom is 0.258 e. The number of methoxy groups -OCH3 is 1. The number of ether oxygens (including phenoxy) is 1. The van der Waals surface area contributed by atoms with Crippen molar-refractivity contribution in [2.45, 2.75) is 13.0 Å². The molecule has 1 aromatic carbocycles. The number of nitrogens with one attached hydrogen (secondary N) is 1. The Morgan fingerprint density at radius 1 is 1.33 bits per heavy atom. The highest BCUT2D eigenvalue weighted by atomic mass is 16.5. The van der Waals surface area contributed by atoms with Gasteiger partial charge >= 0.3 is 0 Å². The van der Waals surface area contributed by atoms with Gasteiger partial charge in [0.05, 0.1) is 12.8 Å². The highest BCUT2D eigenvalue weighted by Crippen LogP contribution is 2.25. The lowest BCUT2D eigenvalue weighted by atomic mass is 10.0. The van der Waals surface area contributed by atoms with Gasteiger partial charge < -0.3 is 14.5 Å². The average molecular weight is 282 g/mol. The van der Waals surface area contributed by atoms with Crippen molar-refractivity contribution in [2.75, 3.05) is 14.2 Å². The summed E-state index contributed by atoms with van der Waals surface area (Å²) in [7, 11) is 3.57. The molecule has 3 aromatic rings. The van der Waals surface area contributed by atoms with Gasteiger partial charge in [0.25, 0.3) is 5.88 Å². The van der Waals surface area contributed by atoms with E-state index < -0.39 is 0 Å². The van der Waals surface area contributed by atoms with Crippen molar-refractivity contribution in [3.63, 3.8) is 0 Å². The first-order valence-electron chi connectivity index (χ1n) is 6.88. The Morgan fingerprint density at radius 3 is 2.95 bits per heavy atom. The van der Waals surface area contributed by atoms with E-state index in [4.69, 9.17) is 4.74 Å². The number of benzene rings is 1. The van der Waals surface area contributed by atoms with Crippen molar-refractivity contribution in [3.8, 4) is 17.1 Å². The molecule has 21 heavy (non-hydrogen) atoms. The predicted octanol–water partition coefficient (Wildman–Crippen LogP) is 2.69. The SMILES string of the molecule is CNC(C)c1cccc(-c2cn3ccnc3c(OC)n2)c1. The number of imidazole rings is 1. The van der Waals surface area contributed by atoms with E-state index in [1.807, 2.05) is 29.9 Å². The first-order chi connectivity index (χ1) is 10.2. The molecule has 0 spiro atoms. The van der Waals surface area contributed by atoms with E-state index in [-0.39, 0.29) is 0 Å². The number of hydrogen-bond donors (Lipinski definition) is 1. The lowest BCUT2D eigenvalue weighted by Gasteiger charge is -2.12. The van der Waals surface area contributed by atoms with Gasteiger partial charge in [0.1, 0.15) is 0 Å². The van der Waals surface area contributed by atoms with Crippen LogP contribution in [0.3, 0.4) is 0 Å². The monoisotopic (exact) mass is 282 g/mol. The van der Waals surface area contributed by atoms with Gasteiger partial charge in [-0.1, -0.05) is 18.2 Å². The summed E-state index contributed by atoms with van der Waals surface area (Å²) in [6.07, 6.45) is 5.60. The predicted molar refractivity (Wildman–Crippen MR) is 82.4 cm³/mol. The second-order valence-electron chi connectivity index (χ2n) is 4.93. The normalized spacial score (nSPS) is 12.5. The van der Waals surface area contributed by atoms with Crippen LogP contribution in [0.15, 0.2) is 42.9 Å². The van der Waals surface area contributed by atoms with Gasteiger partial charge in [0.2, 0.25) is 0 Å². The Bertz CT molecular complexity index is 766. The molecular formula is C16H18N4O. The number of rotatable bonds is 4. The molecule has 0 amide bonds. The summed E-state index contributed by atoms with van der Waals surface area (Å²) in [5.74, 6) is 0.532. The lowest BCUT2D eigenvalue weighted by molar-refractivity contribution is 0.400. The van der Waals surface area contributed by atoms with Crippen LogP contribution in [0.5, 0.6) is 5.88 Å². The fourth-order valence-corrected chi connectivity index (χ4v) is 2.31. The van der Waals surface area contributed by atoms with Crippen molar-refractivity contribution in [2.24, 2.45) is 0 Å². The van der Waals surface area contributed by atoms with Gasteiger partial charge in [-0.2, -0.15) is 0 Å². The van der Waals surface area contributed by atoms with Crippen LogP contribution in [-0.4, -0.2) is 28.5 Å². The van der Waals surface area contributed by atoms with Crippen LogP contribution in [0.2, 0.25) is 0 Å². The zero-order valence-corrected chi connectivity index (χ0v) is 12.4. The Labute approximate surface area is 123 Å². The molecule has 0 aliphatic rings. The van der Waals surface area contributed by atoms with Gasteiger partial charge in [-0.05, 0) is 25.6 Å². The van der Waals surface area contributed by atoms with Crippen molar-refractivity contribution in [1.82, 2.24) is 19.7 Å². The van der Waals surface area contributed by atoms with Gasteiger partial charge in [-0.25, -0.2) is 9.97 Å². The maximum atomic E-state index is 5.34. The maximum absolute atomic E-state index is 5.34. The topological polar surface area (TPSA) is 51.5 Å². The minimum absolute atomic E-state index is 0.295. The molecule has 0 bridgehead atoms. The summed E-state index contributed by atoms with van der Waals surface area (Å²) in [5.41, 5.74) is 3.87. The Hall–Kier alpha value is -2.40. The standard InChI is InChI=1S/C16H18N4O/c1-11(17-2)12-5-4-6-13(9-12)14-10-20-8-7-18-15(20)16(19-14)21-3/h4-11,17H,1-3H3. The highest BCUT2D eigenvalue weighted by molar-refractivity contribution is 5.63. The molecule has 0 aliphatic carbocycles. The fourth-order valence-electron chi connectivity index (χ4n) is 2.31. The highest BCUT2D eigenvalue weighted by Gasteiger charge is 2.10. The molecule has 0 aliphatic heterocycles. The van der Waals surface area contributed by atoms with Crippen molar-refractivity contribution in [3.05, 3.63) is 48.4 Å². The Kier molecular flexibility index (Phi) is 3.58. The fraction of sp³-hybridized carbons (Fsp3) is 0.250. The minimum atomic E-state index is 0.295. The quantitative estimate of drug-likeness (QED) is 0.799. The Morgan fingerprint density at radius 2 is 2.19 bits per heavy atom. The number of aromatic nitrogens is 3. The molecule has 5 heteroatoms. The molecule has 0 radical (unpaired) electrons. The molecule has 0 saturated heterocycles. The molecule has 3 rings (SSSR count). The summed E-state index contributed by atoms with van der Waals surface area (Å²) < 4.78 is 7.27. The molecule has 1 unspecified atom stereocenters. The van der Waals surface area contributed by atoms with Crippen molar-refractivity contribution < 1.29 is 4.74 Å². The van der Waals surface area contributed by atoms with E-state index in [0.717, 1.165) is 16.9 Å². The van der Waals surface area contributed by atoms with E-state index >= 15 is 0 Å². The van der Waals surface area contributed by atoms with E-state index in [9.17, 15) is 0 Å². The summed E-state index contributed by atoms with van der Waals surface area (Å²) in [6, 6.07) is 8.65. The summed E-state index contributed by atoms with van der Waals surface area (Å²) >= 11 is 0. The van der Waals surface area contributed by atoms with E-state index in [2.05, 4.69) is 40.4 Å². The third kappa shape index (κ3) is 2.48. The van der Waals surface area contributed by atoms with Crippen LogP contribution in [0.1, 0.15) is 18.5 Å². The third-order valence-electron chi connectivity index (χ3n) is 3.65. The molecule has 0 fully saturated rings. The summed E-state index contributed by atoms with van der Waals surface area (Å²) in [5, 5.41) is 3.25. The average Bonchev–Trinajstić information content (AvgIpc) is 3.01. The first kappa shape index (κ1) is 13.6. The van der Waals surface area contributed by atoms with Crippen LogP contribution in [0.4, 0.5) is 0 Å². The third-order valence-corrected chi connectivity index (χ3v) is 3.65. The molecule has 0 saturated carbocycles. The molecule has 1 N–H and O–H groups in total. The van der Waals surface area contributed by atoms with Crippen molar-refractivity contribution in [1.29, 1.82) is 0 Å². The summed E-state index contributed by atoms with van der Waals surface area (Å²) in [6.45, 7) is 2.13. The zero-order chi connectivity index (χ0) is 14.8. The number of nitrogens with zero attached hydrogens (tertiary/aromatic N) is 3. The minimum Gasteiger partial charge on any atom is -0.478 e. The number of hydrogen-bond acceptors (Lipinski definition) is 4. The van der Waals surface area contributed by atoms with Crippen LogP contribution in [0.25, 0.3) is 16.9 Å². The van der Waals surface area contributed by atoms with Gasteiger partial charge in [-0.3, -0.25) is 0 Å². The molecule has 2 heterocycles. The van der Waals surface area contributed by atoms with Crippen LogP contribution >= 0.6 is 0 Å². The summed E-state index contributed by atoms with van der Waals surface area (Å²) in [4.78, 5) is 8.81. The number of fused-ring (bicyclic) bond motifs is 1. The smallest absolute Gasteiger partial charge is 0.258 e. The van der Waals surface area contributed by atoms with Crippen LogP contribution in [-0.2, 0) is 0 Å². The van der Waals surface area contributed by atoms with Crippen LogP contribution < -0.4 is 10.1 Å². The van der Waals surface area contributed by atoms with E-state index in [0.29, 0.717) is 11.9 Å². The lowest BCUT2D eigenvalue weighted by Crippen LogP contribution is -2.12. The largest absolute Gasteiger partial charge is 0.478 e. The molecule has 5 nitrogen and oxygen atoms in total. The zero-order valence-electron chi connectivity index (χ0n) is 12.4.